The van der Waals surface area contributed by atoms with Crippen LogP contribution in [0.4, 0.5) is 0 Å². The number of phenolic OH excluding ortho intramolecular Hbond substituents is 1. The highest BCUT2D eigenvalue weighted by Gasteiger charge is 2.27. The minimum atomic E-state index is -0.421. The molecule has 0 radical (unpaired) electrons. The number of Topliss-reactive ketones (excluding diaryl/α,β-unsaturated/α-hetero) is 1. The number of ketones is 1. The average Bonchev–Trinajstić information content (AvgIpc) is 2.82. The number of rotatable bonds is 2. The molecule has 22 heavy (non-hydrogen) atoms. The zero-order valence-corrected chi connectivity index (χ0v) is 11.7. The van der Waals surface area contributed by atoms with Crippen LogP contribution in [0.15, 0.2) is 48.2 Å². The zero-order chi connectivity index (χ0) is 15.7. The van der Waals surface area contributed by atoms with E-state index in [2.05, 4.69) is 4.74 Å². The summed E-state index contributed by atoms with van der Waals surface area (Å²) < 4.78 is 10.1. The van der Waals surface area contributed by atoms with Crippen molar-refractivity contribution in [1.29, 1.82) is 0 Å². The Morgan fingerprint density at radius 2 is 1.91 bits per heavy atom. The summed E-state index contributed by atoms with van der Waals surface area (Å²) in [6.07, 6.45) is 1.58. The van der Waals surface area contributed by atoms with E-state index >= 15 is 0 Å². The molecule has 0 bridgehead atoms. The van der Waals surface area contributed by atoms with Crippen LogP contribution in [0.25, 0.3) is 6.08 Å². The SMILES string of the molecule is COC(=O)c1ccc(C=C2Oc3cc(O)ccc3C2=O)cc1. The van der Waals surface area contributed by atoms with E-state index in [1.54, 1.807) is 30.3 Å². The normalized spacial score (nSPS) is 14.6. The van der Waals surface area contributed by atoms with Gasteiger partial charge in [0.15, 0.2) is 5.76 Å². The highest BCUT2D eigenvalue weighted by Crippen LogP contribution is 2.34. The van der Waals surface area contributed by atoms with Crippen LogP contribution in [0.3, 0.4) is 0 Å². The van der Waals surface area contributed by atoms with E-state index < -0.39 is 5.97 Å². The molecule has 0 saturated carbocycles. The number of carbonyl (C=O) groups is 2. The lowest BCUT2D eigenvalue weighted by molar-refractivity contribution is 0.0600. The third-order valence-electron chi connectivity index (χ3n) is 3.28. The van der Waals surface area contributed by atoms with Gasteiger partial charge < -0.3 is 14.6 Å². The molecular weight excluding hydrogens is 284 g/mol. The molecule has 0 spiro atoms. The average molecular weight is 296 g/mol. The van der Waals surface area contributed by atoms with Gasteiger partial charge in [0.1, 0.15) is 11.5 Å². The smallest absolute Gasteiger partial charge is 0.337 e. The predicted octanol–water partition coefficient (Wildman–Crippen LogP) is 2.80. The summed E-state index contributed by atoms with van der Waals surface area (Å²) in [5, 5.41) is 9.41. The number of carbonyl (C=O) groups excluding carboxylic acids is 2. The van der Waals surface area contributed by atoms with E-state index in [1.807, 2.05) is 0 Å². The minimum Gasteiger partial charge on any atom is -0.508 e. The van der Waals surface area contributed by atoms with Crippen LogP contribution in [0, 0.1) is 0 Å². The third kappa shape index (κ3) is 2.44. The zero-order valence-electron chi connectivity index (χ0n) is 11.7. The standard InChI is InChI=1S/C17H12O5/c1-21-17(20)11-4-2-10(3-5-11)8-15-16(19)13-7-6-12(18)9-14(13)22-15/h2-9,18H,1H3. The molecule has 5 heteroatoms. The lowest BCUT2D eigenvalue weighted by Gasteiger charge is -2.01. The highest BCUT2D eigenvalue weighted by molar-refractivity contribution is 6.14. The quantitative estimate of drug-likeness (QED) is 0.681. The monoisotopic (exact) mass is 296 g/mol. The summed E-state index contributed by atoms with van der Waals surface area (Å²) in [6.45, 7) is 0. The lowest BCUT2D eigenvalue weighted by Crippen LogP contribution is -2.01. The number of benzene rings is 2. The van der Waals surface area contributed by atoms with E-state index in [4.69, 9.17) is 4.74 Å². The Morgan fingerprint density at radius 1 is 1.18 bits per heavy atom. The molecule has 2 aromatic carbocycles. The lowest BCUT2D eigenvalue weighted by atomic mass is 10.1. The van der Waals surface area contributed by atoms with Gasteiger partial charge in [0.25, 0.3) is 0 Å². The van der Waals surface area contributed by atoms with Crippen molar-refractivity contribution < 1.29 is 24.2 Å². The second-order valence-corrected chi connectivity index (χ2v) is 4.73. The molecule has 1 N–H and O–H groups in total. The summed E-state index contributed by atoms with van der Waals surface area (Å²) in [4.78, 5) is 23.5. The van der Waals surface area contributed by atoms with E-state index in [-0.39, 0.29) is 17.3 Å². The Labute approximate surface area is 126 Å². The molecular formula is C17H12O5. The number of methoxy groups -OCH3 is 1. The van der Waals surface area contributed by atoms with Crippen molar-refractivity contribution in [3.05, 3.63) is 64.9 Å². The number of allylic oxidation sites excluding steroid dienone is 1. The van der Waals surface area contributed by atoms with Crippen molar-refractivity contribution in [2.45, 2.75) is 0 Å². The first kappa shape index (κ1) is 13.9. The first-order valence-corrected chi connectivity index (χ1v) is 6.54. The molecule has 0 amide bonds. The van der Waals surface area contributed by atoms with Gasteiger partial charge in [-0.15, -0.1) is 0 Å². The molecule has 0 atom stereocenters. The van der Waals surface area contributed by atoms with Gasteiger partial charge in [0.05, 0.1) is 18.2 Å². The number of fused-ring (bicyclic) bond motifs is 1. The Kier molecular flexibility index (Phi) is 3.39. The molecule has 0 aromatic heterocycles. The minimum absolute atomic E-state index is 0.0373. The first-order valence-electron chi connectivity index (χ1n) is 6.54. The Bertz CT molecular complexity index is 787. The van der Waals surface area contributed by atoms with Crippen LogP contribution in [0.1, 0.15) is 26.3 Å². The van der Waals surface area contributed by atoms with Gasteiger partial charge in [-0.3, -0.25) is 4.79 Å². The number of aromatic hydroxyl groups is 1. The first-order chi connectivity index (χ1) is 10.6. The van der Waals surface area contributed by atoms with Crippen LogP contribution in [-0.4, -0.2) is 24.0 Å². The summed E-state index contributed by atoms with van der Waals surface area (Å²) in [6, 6.07) is 11.0. The molecule has 2 aromatic rings. The fourth-order valence-electron chi connectivity index (χ4n) is 2.16. The van der Waals surface area contributed by atoms with E-state index in [9.17, 15) is 14.7 Å². The Hall–Kier alpha value is -3.08. The van der Waals surface area contributed by atoms with Crippen molar-refractivity contribution in [2.24, 2.45) is 0 Å². The molecule has 110 valence electrons. The topological polar surface area (TPSA) is 72.8 Å². The third-order valence-corrected chi connectivity index (χ3v) is 3.28. The summed E-state index contributed by atoms with van der Waals surface area (Å²) in [7, 11) is 1.32. The van der Waals surface area contributed by atoms with Crippen LogP contribution in [0.2, 0.25) is 0 Å². The maximum Gasteiger partial charge on any atom is 0.337 e. The summed E-state index contributed by atoms with van der Waals surface area (Å²) in [5.41, 5.74) is 1.56. The number of phenols is 1. The van der Waals surface area contributed by atoms with Gasteiger partial charge in [-0.2, -0.15) is 0 Å². The van der Waals surface area contributed by atoms with Gasteiger partial charge >= 0.3 is 5.97 Å². The summed E-state index contributed by atoms with van der Waals surface area (Å²) in [5.74, 6) is -0.119. The predicted molar refractivity (Wildman–Crippen MR) is 78.8 cm³/mol. The van der Waals surface area contributed by atoms with E-state index in [0.29, 0.717) is 22.4 Å². The number of hydrogen-bond donors (Lipinski definition) is 1. The van der Waals surface area contributed by atoms with Gasteiger partial charge in [0, 0.05) is 6.07 Å². The molecule has 0 saturated heterocycles. The second-order valence-electron chi connectivity index (χ2n) is 4.73. The Morgan fingerprint density at radius 3 is 2.59 bits per heavy atom. The van der Waals surface area contributed by atoms with Gasteiger partial charge in [0.2, 0.25) is 5.78 Å². The molecule has 1 heterocycles. The van der Waals surface area contributed by atoms with Crippen LogP contribution >= 0.6 is 0 Å². The maximum absolute atomic E-state index is 12.2. The van der Waals surface area contributed by atoms with Crippen LogP contribution < -0.4 is 4.74 Å². The van der Waals surface area contributed by atoms with Crippen LogP contribution in [-0.2, 0) is 4.74 Å². The maximum atomic E-state index is 12.2. The molecule has 5 nitrogen and oxygen atoms in total. The van der Waals surface area contributed by atoms with Gasteiger partial charge in [-0.25, -0.2) is 4.79 Å². The van der Waals surface area contributed by atoms with Crippen LogP contribution in [0.5, 0.6) is 11.5 Å². The van der Waals surface area contributed by atoms with Crippen molar-refractivity contribution in [3.8, 4) is 11.5 Å². The van der Waals surface area contributed by atoms with E-state index in [1.165, 1.54) is 25.3 Å². The van der Waals surface area contributed by atoms with Crippen molar-refractivity contribution >= 4 is 17.8 Å². The number of ether oxygens (including phenoxy) is 2. The van der Waals surface area contributed by atoms with Crippen molar-refractivity contribution in [1.82, 2.24) is 0 Å². The molecule has 0 aliphatic carbocycles. The van der Waals surface area contributed by atoms with Gasteiger partial charge in [-0.1, -0.05) is 12.1 Å². The molecule has 1 aliphatic rings. The molecule has 3 rings (SSSR count). The molecule has 0 unspecified atom stereocenters. The summed E-state index contributed by atoms with van der Waals surface area (Å²) >= 11 is 0. The largest absolute Gasteiger partial charge is 0.508 e. The number of hydrogen-bond acceptors (Lipinski definition) is 5. The van der Waals surface area contributed by atoms with Crippen molar-refractivity contribution in [3.63, 3.8) is 0 Å². The fraction of sp³-hybridized carbons (Fsp3) is 0.0588. The molecule has 0 fully saturated rings. The Balaban J connectivity index is 1.88. The number of esters is 1. The molecule has 1 aliphatic heterocycles. The second kappa shape index (κ2) is 5.37. The van der Waals surface area contributed by atoms with Crippen molar-refractivity contribution in [2.75, 3.05) is 7.11 Å². The van der Waals surface area contributed by atoms with Gasteiger partial charge in [-0.05, 0) is 35.9 Å². The highest BCUT2D eigenvalue weighted by atomic mass is 16.5. The van der Waals surface area contributed by atoms with E-state index in [0.717, 1.165) is 0 Å². The fourth-order valence-corrected chi connectivity index (χ4v) is 2.16.